The molecule has 0 atom stereocenters. The van der Waals surface area contributed by atoms with E-state index in [4.69, 9.17) is 4.99 Å². The molecule has 6 nitrogen and oxygen atoms in total. The highest BCUT2D eigenvalue weighted by Gasteiger charge is 2.31. The Morgan fingerprint density at radius 1 is 1.29 bits per heavy atom. The molecule has 0 unspecified atom stereocenters. The molecule has 1 saturated carbocycles. The van der Waals surface area contributed by atoms with Crippen molar-refractivity contribution in [1.82, 2.24) is 20.4 Å². The molecule has 0 amide bonds. The average Bonchev–Trinajstić information content (AvgIpc) is 3.11. The lowest BCUT2D eigenvalue weighted by molar-refractivity contribution is 0.137. The van der Waals surface area contributed by atoms with Crippen LogP contribution in [0.5, 0.6) is 0 Å². The van der Waals surface area contributed by atoms with Gasteiger partial charge in [-0.1, -0.05) is 19.3 Å². The Balaban J connectivity index is 1.81. The number of aromatic nitrogens is 2. The van der Waals surface area contributed by atoms with Gasteiger partial charge < -0.3 is 15.7 Å². The van der Waals surface area contributed by atoms with Crippen molar-refractivity contribution < 1.29 is 5.11 Å². The first kappa shape index (κ1) is 18.8. The summed E-state index contributed by atoms with van der Waals surface area (Å²) in [6, 6.07) is 1.95. The second kappa shape index (κ2) is 10.3. The van der Waals surface area contributed by atoms with Crippen molar-refractivity contribution in [2.24, 2.45) is 10.4 Å². The first-order valence-corrected chi connectivity index (χ1v) is 9.38. The van der Waals surface area contributed by atoms with Crippen LogP contribution in [0.1, 0.15) is 51.9 Å². The Hall–Kier alpha value is -1.56. The summed E-state index contributed by atoms with van der Waals surface area (Å²) >= 11 is 0. The fraction of sp³-hybridized carbons (Fsp3) is 0.778. The third-order valence-electron chi connectivity index (χ3n) is 4.89. The maximum absolute atomic E-state index is 9.43. The lowest BCUT2D eigenvalue weighted by atomic mass is 9.72. The van der Waals surface area contributed by atoms with E-state index in [9.17, 15) is 5.11 Å². The van der Waals surface area contributed by atoms with Gasteiger partial charge in [-0.2, -0.15) is 5.10 Å². The summed E-state index contributed by atoms with van der Waals surface area (Å²) in [4.78, 5) is 4.82. The van der Waals surface area contributed by atoms with Crippen LogP contribution in [0.3, 0.4) is 0 Å². The highest BCUT2D eigenvalue weighted by atomic mass is 16.3. The molecular weight excluding hydrogens is 302 g/mol. The van der Waals surface area contributed by atoms with Crippen LogP contribution in [0, 0.1) is 5.41 Å². The number of nitrogens with zero attached hydrogens (tertiary/aromatic N) is 3. The van der Waals surface area contributed by atoms with E-state index in [1.165, 1.54) is 32.1 Å². The van der Waals surface area contributed by atoms with Crippen LogP contribution in [0.2, 0.25) is 0 Å². The number of aliphatic imine (C=N–C) groups is 1. The van der Waals surface area contributed by atoms with E-state index in [-0.39, 0.29) is 12.0 Å². The standard InChI is InChI=1S/C18H33N5O/c1-2-19-17(20-11-6-13-23-14-7-12-22-23)21-16-18(10-15-24)8-4-3-5-9-18/h7,12,14,24H,2-6,8-11,13,15-16H2,1H3,(H2,19,20,21). The van der Waals surface area contributed by atoms with Crippen molar-refractivity contribution in [3.63, 3.8) is 0 Å². The third kappa shape index (κ3) is 6.15. The first-order valence-electron chi connectivity index (χ1n) is 9.38. The molecule has 6 heteroatoms. The van der Waals surface area contributed by atoms with Gasteiger partial charge >= 0.3 is 0 Å². The molecule has 0 aromatic carbocycles. The largest absolute Gasteiger partial charge is 0.396 e. The molecule has 0 spiro atoms. The molecule has 1 fully saturated rings. The van der Waals surface area contributed by atoms with Crippen LogP contribution in [-0.4, -0.2) is 47.1 Å². The number of aliphatic hydroxyl groups is 1. The van der Waals surface area contributed by atoms with Gasteiger partial charge in [-0.25, -0.2) is 0 Å². The summed E-state index contributed by atoms with van der Waals surface area (Å²) < 4.78 is 1.95. The fourth-order valence-corrected chi connectivity index (χ4v) is 3.50. The Morgan fingerprint density at radius 3 is 2.79 bits per heavy atom. The monoisotopic (exact) mass is 335 g/mol. The van der Waals surface area contributed by atoms with Gasteiger partial charge in [0.2, 0.25) is 0 Å². The number of aliphatic hydroxyl groups excluding tert-OH is 1. The van der Waals surface area contributed by atoms with E-state index >= 15 is 0 Å². The SMILES string of the molecule is CCNC(=NCC1(CCO)CCCCC1)NCCCn1cccn1. The number of hydrogen-bond acceptors (Lipinski definition) is 3. The van der Waals surface area contributed by atoms with Crippen molar-refractivity contribution in [2.45, 2.75) is 58.4 Å². The summed E-state index contributed by atoms with van der Waals surface area (Å²) in [6.07, 6.45) is 11.9. The van der Waals surface area contributed by atoms with Gasteiger partial charge in [0.05, 0.1) is 0 Å². The molecule has 1 heterocycles. The van der Waals surface area contributed by atoms with E-state index in [0.717, 1.165) is 45.0 Å². The zero-order valence-electron chi connectivity index (χ0n) is 15.0. The molecule has 0 radical (unpaired) electrons. The normalized spacial score (nSPS) is 17.7. The second-order valence-corrected chi connectivity index (χ2v) is 6.78. The Morgan fingerprint density at radius 2 is 2.12 bits per heavy atom. The molecule has 2 rings (SSSR count). The molecule has 0 saturated heterocycles. The van der Waals surface area contributed by atoms with Gasteiger partial charge in [0.1, 0.15) is 0 Å². The van der Waals surface area contributed by atoms with E-state index < -0.39 is 0 Å². The predicted molar refractivity (Wildman–Crippen MR) is 98.0 cm³/mol. The molecule has 24 heavy (non-hydrogen) atoms. The van der Waals surface area contributed by atoms with Gasteiger partial charge in [0.25, 0.3) is 0 Å². The number of guanidine groups is 1. The van der Waals surface area contributed by atoms with Crippen LogP contribution in [0.25, 0.3) is 0 Å². The van der Waals surface area contributed by atoms with Gasteiger partial charge in [-0.3, -0.25) is 9.67 Å². The van der Waals surface area contributed by atoms with Crippen molar-refractivity contribution in [3.05, 3.63) is 18.5 Å². The van der Waals surface area contributed by atoms with Crippen molar-refractivity contribution >= 4 is 5.96 Å². The van der Waals surface area contributed by atoms with Crippen molar-refractivity contribution in [2.75, 3.05) is 26.2 Å². The van der Waals surface area contributed by atoms with Crippen LogP contribution in [0.4, 0.5) is 0 Å². The average molecular weight is 335 g/mol. The maximum Gasteiger partial charge on any atom is 0.191 e. The molecule has 1 aromatic rings. The Kier molecular flexibility index (Phi) is 8.08. The third-order valence-corrected chi connectivity index (χ3v) is 4.89. The smallest absolute Gasteiger partial charge is 0.191 e. The number of hydrogen-bond donors (Lipinski definition) is 3. The van der Waals surface area contributed by atoms with E-state index in [2.05, 4.69) is 22.7 Å². The number of aryl methyl sites for hydroxylation is 1. The summed E-state index contributed by atoms with van der Waals surface area (Å²) in [6.45, 7) is 5.81. The van der Waals surface area contributed by atoms with E-state index in [0.29, 0.717) is 0 Å². The van der Waals surface area contributed by atoms with Crippen LogP contribution in [0.15, 0.2) is 23.5 Å². The molecule has 1 aliphatic carbocycles. The zero-order valence-corrected chi connectivity index (χ0v) is 15.0. The van der Waals surface area contributed by atoms with Gasteiger partial charge in [-0.15, -0.1) is 0 Å². The Labute approximate surface area is 145 Å². The lowest BCUT2D eigenvalue weighted by Crippen LogP contribution is -2.39. The zero-order chi connectivity index (χ0) is 17.1. The summed E-state index contributed by atoms with van der Waals surface area (Å²) in [5.74, 6) is 0.890. The second-order valence-electron chi connectivity index (χ2n) is 6.78. The maximum atomic E-state index is 9.43. The molecular formula is C18H33N5O. The summed E-state index contributed by atoms with van der Waals surface area (Å²) in [5, 5.41) is 20.4. The minimum absolute atomic E-state index is 0.199. The van der Waals surface area contributed by atoms with Gasteiger partial charge in [-0.05, 0) is 44.1 Å². The highest BCUT2D eigenvalue weighted by molar-refractivity contribution is 5.79. The number of rotatable bonds is 9. The molecule has 0 aliphatic heterocycles. The van der Waals surface area contributed by atoms with E-state index in [1.54, 1.807) is 0 Å². The topological polar surface area (TPSA) is 74.5 Å². The fourth-order valence-electron chi connectivity index (χ4n) is 3.50. The molecule has 1 aliphatic rings. The van der Waals surface area contributed by atoms with Crippen LogP contribution < -0.4 is 10.6 Å². The summed E-state index contributed by atoms with van der Waals surface area (Å²) in [7, 11) is 0. The minimum atomic E-state index is 0.199. The van der Waals surface area contributed by atoms with Gasteiger partial charge in [0.15, 0.2) is 5.96 Å². The minimum Gasteiger partial charge on any atom is -0.396 e. The predicted octanol–water partition coefficient (Wildman–Crippen LogP) is 2.16. The lowest BCUT2D eigenvalue weighted by Gasteiger charge is -2.35. The molecule has 136 valence electrons. The highest BCUT2D eigenvalue weighted by Crippen LogP contribution is 2.39. The number of nitrogens with one attached hydrogen (secondary N) is 2. The van der Waals surface area contributed by atoms with Gasteiger partial charge in [0, 0.05) is 45.2 Å². The van der Waals surface area contributed by atoms with Crippen LogP contribution >= 0.6 is 0 Å². The summed E-state index contributed by atoms with van der Waals surface area (Å²) in [5.41, 5.74) is 0.199. The quantitative estimate of drug-likeness (QED) is 0.367. The molecule has 0 bridgehead atoms. The van der Waals surface area contributed by atoms with Crippen LogP contribution in [-0.2, 0) is 6.54 Å². The first-order chi connectivity index (χ1) is 11.8. The molecule has 3 N–H and O–H groups in total. The van der Waals surface area contributed by atoms with E-state index in [1.807, 2.05) is 23.1 Å². The molecule has 1 aromatic heterocycles. The van der Waals surface area contributed by atoms with Crippen molar-refractivity contribution in [1.29, 1.82) is 0 Å². The van der Waals surface area contributed by atoms with Crippen molar-refractivity contribution in [3.8, 4) is 0 Å². The Bertz CT molecular complexity index is 460.